The number of nitrogens with zero attached hydrogens (tertiary/aromatic N) is 5. The molecule has 3 aromatic carbocycles. The van der Waals surface area contributed by atoms with Crippen molar-refractivity contribution in [2.75, 3.05) is 23.7 Å². The molecule has 0 spiro atoms. The van der Waals surface area contributed by atoms with Crippen LogP contribution >= 0.6 is 0 Å². The third kappa shape index (κ3) is 9.17. The Morgan fingerprint density at radius 2 is 1.13 bits per heavy atom. The summed E-state index contributed by atoms with van der Waals surface area (Å²) in [6.07, 6.45) is 5.22. The molecular formula is C38H40N10O4. The first-order valence-corrected chi connectivity index (χ1v) is 16.7. The van der Waals surface area contributed by atoms with Crippen molar-refractivity contribution in [2.24, 2.45) is 17.2 Å². The van der Waals surface area contributed by atoms with Crippen molar-refractivity contribution < 1.29 is 19.2 Å². The van der Waals surface area contributed by atoms with Crippen molar-refractivity contribution in [3.05, 3.63) is 130 Å². The second-order valence-corrected chi connectivity index (χ2v) is 12.1. The number of anilines is 4. The van der Waals surface area contributed by atoms with Crippen LogP contribution in [-0.2, 0) is 12.8 Å². The number of benzene rings is 3. The number of rotatable bonds is 13. The summed E-state index contributed by atoms with van der Waals surface area (Å²) in [5.41, 5.74) is 21.4. The number of carbonyl (C=O) groups is 4. The average Bonchev–Trinajstić information content (AvgIpc) is 3.36. The van der Waals surface area contributed by atoms with Gasteiger partial charge in [-0.25, -0.2) is 19.9 Å². The monoisotopic (exact) mass is 700 g/mol. The highest BCUT2D eigenvalue weighted by Gasteiger charge is 2.34. The van der Waals surface area contributed by atoms with Gasteiger partial charge in [-0.2, -0.15) is 0 Å². The van der Waals surface area contributed by atoms with Crippen molar-refractivity contribution in [3.63, 3.8) is 0 Å². The van der Waals surface area contributed by atoms with E-state index in [-0.39, 0.29) is 29.5 Å². The standard InChI is InChI=1S/C23H21N5O3.C15H19N5O/c1-14-6-4-7-15(12-14)26-21-18(20(24)29)13-25-19(27-21)10-5-11-28-22(30)16-8-2-3-9-17(16)23(28)31;1-10-4-2-5-11(8-10)19-15-12(14(17)21)9-18-13(20-15)6-3-7-16/h2-4,6-9,12-13H,5,10-11H2,1H3,(H2,24,29)(H,25,26,27);2,4-5,8-9H,3,6-7,16H2,1H3,(H2,17,21)(H,18,19,20). The van der Waals surface area contributed by atoms with E-state index in [0.717, 1.165) is 28.9 Å². The number of hydrogen-bond donors (Lipinski definition) is 5. The number of aromatic nitrogens is 4. The van der Waals surface area contributed by atoms with E-state index in [1.165, 1.54) is 17.3 Å². The first-order valence-electron chi connectivity index (χ1n) is 16.7. The highest BCUT2D eigenvalue weighted by atomic mass is 16.2. The summed E-state index contributed by atoms with van der Waals surface area (Å²) in [5.74, 6) is 0.111. The van der Waals surface area contributed by atoms with Crippen LogP contribution in [0, 0.1) is 13.8 Å². The van der Waals surface area contributed by atoms with E-state index >= 15 is 0 Å². The fourth-order valence-electron chi connectivity index (χ4n) is 5.45. The van der Waals surface area contributed by atoms with E-state index in [2.05, 4.69) is 30.6 Å². The lowest BCUT2D eigenvalue weighted by Crippen LogP contribution is -2.31. The van der Waals surface area contributed by atoms with Crippen LogP contribution in [-0.4, -0.2) is 61.6 Å². The zero-order chi connectivity index (χ0) is 37.2. The van der Waals surface area contributed by atoms with Gasteiger partial charge in [-0.15, -0.1) is 0 Å². The molecule has 14 heteroatoms. The molecule has 0 bridgehead atoms. The Kier molecular flexibility index (Phi) is 11.9. The number of imide groups is 1. The summed E-state index contributed by atoms with van der Waals surface area (Å²) in [6.45, 7) is 4.78. The molecule has 6 rings (SSSR count). The van der Waals surface area contributed by atoms with Gasteiger partial charge in [0.2, 0.25) is 0 Å². The molecule has 0 aliphatic carbocycles. The summed E-state index contributed by atoms with van der Waals surface area (Å²) in [7, 11) is 0. The molecule has 0 radical (unpaired) electrons. The first-order chi connectivity index (χ1) is 25.0. The Labute approximate surface area is 300 Å². The van der Waals surface area contributed by atoms with E-state index < -0.39 is 11.8 Å². The number of hydrogen-bond acceptors (Lipinski definition) is 11. The minimum Gasteiger partial charge on any atom is -0.365 e. The molecule has 14 nitrogen and oxygen atoms in total. The van der Waals surface area contributed by atoms with E-state index in [9.17, 15) is 19.2 Å². The molecule has 2 aromatic heterocycles. The highest BCUT2D eigenvalue weighted by molar-refractivity contribution is 6.21. The van der Waals surface area contributed by atoms with Crippen molar-refractivity contribution in [2.45, 2.75) is 39.5 Å². The van der Waals surface area contributed by atoms with Crippen molar-refractivity contribution >= 4 is 46.6 Å². The van der Waals surface area contributed by atoms with Gasteiger partial charge < -0.3 is 27.8 Å². The smallest absolute Gasteiger partial charge is 0.261 e. The maximum absolute atomic E-state index is 12.5. The lowest BCUT2D eigenvalue weighted by molar-refractivity contribution is 0.0651. The van der Waals surface area contributed by atoms with Crippen LogP contribution < -0.4 is 27.8 Å². The fourth-order valence-corrected chi connectivity index (χ4v) is 5.45. The Bertz CT molecular complexity index is 2080. The van der Waals surface area contributed by atoms with Gasteiger partial charge in [-0.1, -0.05) is 36.4 Å². The van der Waals surface area contributed by atoms with Gasteiger partial charge in [-0.3, -0.25) is 24.1 Å². The van der Waals surface area contributed by atoms with Crippen LogP contribution in [0.15, 0.2) is 85.2 Å². The summed E-state index contributed by atoms with van der Waals surface area (Å²) < 4.78 is 0. The van der Waals surface area contributed by atoms with Gasteiger partial charge in [0.25, 0.3) is 23.6 Å². The third-order valence-corrected chi connectivity index (χ3v) is 8.03. The molecule has 0 saturated carbocycles. The van der Waals surface area contributed by atoms with E-state index in [0.29, 0.717) is 60.2 Å². The predicted octanol–water partition coefficient (Wildman–Crippen LogP) is 4.38. The van der Waals surface area contributed by atoms with E-state index in [4.69, 9.17) is 17.2 Å². The van der Waals surface area contributed by atoms with Crippen molar-refractivity contribution in [1.29, 1.82) is 0 Å². The Morgan fingerprint density at radius 1 is 0.673 bits per heavy atom. The lowest BCUT2D eigenvalue weighted by Gasteiger charge is -2.14. The molecule has 1 aliphatic rings. The summed E-state index contributed by atoms with van der Waals surface area (Å²) >= 11 is 0. The largest absolute Gasteiger partial charge is 0.365 e. The first kappa shape index (κ1) is 36.7. The number of nitrogens with two attached hydrogens (primary N) is 3. The second-order valence-electron chi connectivity index (χ2n) is 12.1. The normalized spacial score (nSPS) is 11.8. The maximum atomic E-state index is 12.5. The Balaban J connectivity index is 0.000000217. The topological polar surface area (TPSA) is 225 Å². The molecule has 0 unspecified atom stereocenters. The molecule has 5 aromatic rings. The molecule has 1 aliphatic heterocycles. The number of carbonyl (C=O) groups excluding carboxylic acids is 4. The third-order valence-electron chi connectivity index (χ3n) is 8.03. The molecule has 3 heterocycles. The van der Waals surface area contributed by atoms with Crippen LogP contribution in [0.3, 0.4) is 0 Å². The number of aryl methyl sites for hydroxylation is 4. The summed E-state index contributed by atoms with van der Waals surface area (Å²) in [4.78, 5) is 66.6. The highest BCUT2D eigenvalue weighted by Crippen LogP contribution is 2.24. The molecular weight excluding hydrogens is 660 g/mol. The average molecular weight is 701 g/mol. The summed E-state index contributed by atoms with van der Waals surface area (Å²) in [5, 5.41) is 6.25. The van der Waals surface area contributed by atoms with Gasteiger partial charge in [0.15, 0.2) is 0 Å². The minimum absolute atomic E-state index is 0.186. The van der Waals surface area contributed by atoms with Gasteiger partial charge in [0.1, 0.15) is 34.4 Å². The van der Waals surface area contributed by atoms with Gasteiger partial charge in [-0.05, 0) is 80.8 Å². The Hall–Kier alpha value is -6.54. The molecule has 0 saturated heterocycles. The van der Waals surface area contributed by atoms with E-state index in [1.54, 1.807) is 24.3 Å². The predicted molar refractivity (Wildman–Crippen MR) is 198 cm³/mol. The van der Waals surface area contributed by atoms with Gasteiger partial charge in [0.05, 0.1) is 11.1 Å². The molecule has 266 valence electrons. The van der Waals surface area contributed by atoms with Crippen LogP contribution in [0.25, 0.3) is 0 Å². The van der Waals surface area contributed by atoms with Gasteiger partial charge >= 0.3 is 0 Å². The van der Waals surface area contributed by atoms with Crippen molar-refractivity contribution in [3.8, 4) is 0 Å². The quantitative estimate of drug-likeness (QED) is 0.108. The zero-order valence-corrected chi connectivity index (χ0v) is 28.9. The number of amides is 4. The lowest BCUT2D eigenvalue weighted by atomic mass is 10.1. The minimum atomic E-state index is -0.632. The van der Waals surface area contributed by atoms with Crippen LogP contribution in [0.1, 0.15) is 77.0 Å². The van der Waals surface area contributed by atoms with Crippen LogP contribution in [0.2, 0.25) is 0 Å². The Morgan fingerprint density at radius 3 is 1.56 bits per heavy atom. The van der Waals surface area contributed by atoms with E-state index in [1.807, 2.05) is 62.4 Å². The maximum Gasteiger partial charge on any atom is 0.261 e. The number of fused-ring (bicyclic) bond motifs is 1. The molecule has 52 heavy (non-hydrogen) atoms. The molecule has 0 atom stereocenters. The van der Waals surface area contributed by atoms with Crippen LogP contribution in [0.5, 0.6) is 0 Å². The summed E-state index contributed by atoms with van der Waals surface area (Å²) in [6, 6.07) is 22.2. The molecule has 0 fully saturated rings. The second kappa shape index (κ2) is 16.9. The number of nitrogens with one attached hydrogen (secondary N) is 2. The van der Waals surface area contributed by atoms with Crippen LogP contribution in [0.4, 0.5) is 23.0 Å². The van der Waals surface area contributed by atoms with Gasteiger partial charge in [0, 0.05) is 43.2 Å². The van der Waals surface area contributed by atoms with Crippen molar-refractivity contribution in [1.82, 2.24) is 24.8 Å². The SMILES string of the molecule is Cc1cccc(Nc2nc(CCCN)ncc2C(N)=O)c1.Cc1cccc(Nc2nc(CCCN3C(=O)c4ccccc4C3=O)ncc2C(N)=O)c1. The fraction of sp³-hybridized carbons (Fsp3) is 0.211. The molecule has 4 amide bonds. The number of primary amides is 2. The zero-order valence-electron chi connectivity index (χ0n) is 28.9. The molecule has 8 N–H and O–H groups in total.